The molecule has 1 aromatic rings. The second-order valence-electron chi connectivity index (χ2n) is 5.77. The van der Waals surface area contributed by atoms with Crippen molar-refractivity contribution in [1.82, 2.24) is 0 Å². The normalized spacial score (nSPS) is 10.9. The molecule has 0 fully saturated rings. The lowest BCUT2D eigenvalue weighted by Gasteiger charge is -2.23. The van der Waals surface area contributed by atoms with Gasteiger partial charge in [0.15, 0.2) is 0 Å². The Bertz CT molecular complexity index is 735. The maximum Gasteiger partial charge on any atom is 0.514 e. The van der Waals surface area contributed by atoms with Gasteiger partial charge in [0.2, 0.25) is 0 Å². The first-order valence-electron chi connectivity index (χ1n) is 9.08. The first kappa shape index (κ1) is 25.2. The summed E-state index contributed by atoms with van der Waals surface area (Å²) in [5.41, 5.74) is 6.73. The van der Waals surface area contributed by atoms with E-state index in [2.05, 4.69) is 19.7 Å². The highest BCUT2D eigenvalue weighted by Crippen LogP contribution is 2.16. The molecule has 168 valence electrons. The predicted octanol–water partition coefficient (Wildman–Crippen LogP) is 3.26. The molecule has 0 aromatic heterocycles. The summed E-state index contributed by atoms with van der Waals surface area (Å²) in [5, 5.41) is 0. The van der Waals surface area contributed by atoms with Crippen molar-refractivity contribution in [3.05, 3.63) is 67.8 Å². The highest BCUT2D eigenvalue weighted by Gasteiger charge is 2.28. The van der Waals surface area contributed by atoms with Crippen LogP contribution in [0.15, 0.2) is 62.2 Å². The highest BCUT2D eigenvalue weighted by molar-refractivity contribution is 5.64. The Morgan fingerprint density at radius 1 is 0.806 bits per heavy atom. The number of hydrogen-bond donors (Lipinski definition) is 1. The van der Waals surface area contributed by atoms with Crippen LogP contribution in [0.5, 0.6) is 5.75 Å². The Morgan fingerprint density at radius 3 is 1.71 bits per heavy atom. The van der Waals surface area contributed by atoms with Crippen LogP contribution >= 0.6 is 0 Å². The van der Waals surface area contributed by atoms with E-state index < -0.39 is 30.8 Å². The molecule has 0 bridgehead atoms. The maximum absolute atomic E-state index is 11.7. The van der Waals surface area contributed by atoms with Gasteiger partial charge in [0, 0.05) is 0 Å². The van der Waals surface area contributed by atoms with Crippen molar-refractivity contribution in [2.45, 2.75) is 18.8 Å². The molecule has 0 unspecified atom stereocenters. The SMILES string of the molecule is C=CCOC(=O)Oc1ccc(C[C@H](N)C(OC(=O)OCC=C)OC(=O)OCC=C)cc1. The van der Waals surface area contributed by atoms with E-state index in [1.807, 2.05) is 0 Å². The molecule has 2 N–H and O–H groups in total. The Kier molecular flexibility index (Phi) is 11.6. The number of carbonyl (C=O) groups excluding carboxylic acids is 3. The summed E-state index contributed by atoms with van der Waals surface area (Å²) in [6.45, 7) is 10.1. The number of carbonyl (C=O) groups is 3. The highest BCUT2D eigenvalue weighted by atomic mass is 16.8. The Hall–Kier alpha value is -3.79. The molecule has 0 heterocycles. The fourth-order valence-electron chi connectivity index (χ4n) is 2.03. The largest absolute Gasteiger partial charge is 0.514 e. The molecule has 10 nitrogen and oxygen atoms in total. The van der Waals surface area contributed by atoms with Crippen LogP contribution in [0, 0.1) is 0 Å². The summed E-state index contributed by atoms with van der Waals surface area (Å²) in [7, 11) is 0. The minimum atomic E-state index is -1.49. The zero-order valence-corrected chi connectivity index (χ0v) is 16.9. The molecule has 0 amide bonds. The lowest BCUT2D eigenvalue weighted by Crippen LogP contribution is -2.43. The zero-order valence-electron chi connectivity index (χ0n) is 16.9. The number of rotatable bonds is 12. The second-order valence-corrected chi connectivity index (χ2v) is 5.77. The van der Waals surface area contributed by atoms with Crippen molar-refractivity contribution >= 4 is 18.5 Å². The van der Waals surface area contributed by atoms with Gasteiger partial charge in [0.1, 0.15) is 25.6 Å². The van der Waals surface area contributed by atoms with Crippen molar-refractivity contribution < 1.29 is 42.8 Å². The van der Waals surface area contributed by atoms with Crippen molar-refractivity contribution in [3.63, 3.8) is 0 Å². The van der Waals surface area contributed by atoms with E-state index in [-0.39, 0.29) is 32.0 Å². The minimum absolute atomic E-state index is 0.0254. The topological polar surface area (TPSA) is 133 Å². The Labute approximate surface area is 179 Å². The lowest BCUT2D eigenvalue weighted by molar-refractivity contribution is -0.112. The smallest absolute Gasteiger partial charge is 0.430 e. The van der Waals surface area contributed by atoms with Crippen LogP contribution in [-0.2, 0) is 30.1 Å². The van der Waals surface area contributed by atoms with Crippen LogP contribution in [0.25, 0.3) is 0 Å². The second kappa shape index (κ2) is 14.2. The molecule has 31 heavy (non-hydrogen) atoms. The summed E-state index contributed by atoms with van der Waals surface area (Å²) in [4.78, 5) is 34.9. The van der Waals surface area contributed by atoms with E-state index in [1.165, 1.54) is 30.4 Å². The summed E-state index contributed by atoms with van der Waals surface area (Å²) >= 11 is 0. The number of hydrogen-bond acceptors (Lipinski definition) is 10. The molecule has 0 aliphatic rings. The van der Waals surface area contributed by atoms with Gasteiger partial charge in [-0.15, -0.1) is 0 Å². The van der Waals surface area contributed by atoms with Gasteiger partial charge in [-0.1, -0.05) is 50.1 Å². The van der Waals surface area contributed by atoms with E-state index in [9.17, 15) is 14.4 Å². The van der Waals surface area contributed by atoms with E-state index in [4.69, 9.17) is 34.2 Å². The minimum Gasteiger partial charge on any atom is -0.430 e. The molecule has 0 aliphatic heterocycles. The Balaban J connectivity index is 2.75. The van der Waals surface area contributed by atoms with E-state index in [1.54, 1.807) is 12.1 Å². The molecule has 0 saturated carbocycles. The number of nitrogens with two attached hydrogens (primary N) is 1. The first-order chi connectivity index (χ1) is 14.9. The zero-order chi connectivity index (χ0) is 23.1. The molecule has 0 saturated heterocycles. The molecular formula is C21H25NO9. The quantitative estimate of drug-likeness (QED) is 0.171. The first-order valence-corrected chi connectivity index (χ1v) is 9.08. The molecule has 10 heteroatoms. The monoisotopic (exact) mass is 435 g/mol. The van der Waals surface area contributed by atoms with Crippen LogP contribution in [0.1, 0.15) is 5.56 Å². The Morgan fingerprint density at radius 2 is 1.26 bits per heavy atom. The molecule has 0 spiro atoms. The third-order valence-electron chi connectivity index (χ3n) is 3.33. The van der Waals surface area contributed by atoms with Gasteiger partial charge in [-0.2, -0.15) is 0 Å². The molecule has 1 aromatic carbocycles. The fraction of sp³-hybridized carbons (Fsp3) is 0.286. The average Bonchev–Trinajstić information content (AvgIpc) is 2.75. The van der Waals surface area contributed by atoms with Gasteiger partial charge in [-0.05, 0) is 24.1 Å². The molecule has 0 aliphatic carbocycles. The molecular weight excluding hydrogens is 410 g/mol. The van der Waals surface area contributed by atoms with Crippen molar-refractivity contribution in [1.29, 1.82) is 0 Å². The lowest BCUT2D eigenvalue weighted by atomic mass is 10.1. The van der Waals surface area contributed by atoms with E-state index in [0.29, 0.717) is 5.56 Å². The van der Waals surface area contributed by atoms with Crippen LogP contribution in [-0.4, -0.2) is 50.6 Å². The van der Waals surface area contributed by atoms with Crippen LogP contribution < -0.4 is 10.5 Å². The molecule has 1 rings (SSSR count). The summed E-state index contributed by atoms with van der Waals surface area (Å²) in [5.74, 6) is 0.247. The van der Waals surface area contributed by atoms with Crippen molar-refractivity contribution in [3.8, 4) is 5.75 Å². The number of ether oxygens (including phenoxy) is 6. The summed E-state index contributed by atoms with van der Waals surface area (Å²) in [6.07, 6.45) is -0.334. The fourth-order valence-corrected chi connectivity index (χ4v) is 2.03. The van der Waals surface area contributed by atoms with Gasteiger partial charge >= 0.3 is 18.5 Å². The van der Waals surface area contributed by atoms with Gasteiger partial charge in [0.05, 0.1) is 6.04 Å². The molecule has 1 atom stereocenters. The van der Waals surface area contributed by atoms with Gasteiger partial charge in [-0.3, -0.25) is 0 Å². The van der Waals surface area contributed by atoms with Crippen molar-refractivity contribution in [2.24, 2.45) is 5.73 Å². The van der Waals surface area contributed by atoms with E-state index in [0.717, 1.165) is 0 Å². The van der Waals surface area contributed by atoms with E-state index >= 15 is 0 Å². The average molecular weight is 435 g/mol. The van der Waals surface area contributed by atoms with Crippen molar-refractivity contribution in [2.75, 3.05) is 19.8 Å². The summed E-state index contributed by atoms with van der Waals surface area (Å²) in [6, 6.07) is 5.32. The standard InChI is InChI=1S/C21H25NO9/c1-4-11-26-19(23)29-16-9-7-15(8-10-16)14-17(22)18(30-20(24)27-12-5-2)31-21(25)28-13-6-3/h4-10,17-18H,1-3,11-14,22H2/t17-/m0/s1. The van der Waals surface area contributed by atoms with Crippen LogP contribution in [0.3, 0.4) is 0 Å². The maximum atomic E-state index is 11.7. The van der Waals surface area contributed by atoms with Crippen LogP contribution in [0.4, 0.5) is 14.4 Å². The van der Waals surface area contributed by atoms with Gasteiger partial charge in [0.25, 0.3) is 6.29 Å². The predicted molar refractivity (Wildman–Crippen MR) is 109 cm³/mol. The third-order valence-corrected chi connectivity index (χ3v) is 3.33. The van der Waals surface area contributed by atoms with Gasteiger partial charge < -0.3 is 34.2 Å². The number of benzene rings is 1. The molecule has 0 radical (unpaired) electrons. The third kappa shape index (κ3) is 10.5. The van der Waals surface area contributed by atoms with Gasteiger partial charge in [-0.25, -0.2) is 14.4 Å². The van der Waals surface area contributed by atoms with Crippen LogP contribution in [0.2, 0.25) is 0 Å². The summed E-state index contributed by atoms with van der Waals surface area (Å²) < 4.78 is 29.1.